The molecule has 1 amide bonds. The van der Waals surface area contributed by atoms with Crippen LogP contribution in [-0.4, -0.2) is 50.3 Å². The second kappa shape index (κ2) is 8.73. The Balaban J connectivity index is 1.80. The van der Waals surface area contributed by atoms with E-state index in [1.165, 1.54) is 6.42 Å². The quantitative estimate of drug-likeness (QED) is 0.500. The van der Waals surface area contributed by atoms with E-state index in [-0.39, 0.29) is 11.9 Å². The lowest BCUT2D eigenvalue weighted by molar-refractivity contribution is 0.0526. The van der Waals surface area contributed by atoms with Crippen LogP contribution < -0.4 is 14.9 Å². The topological polar surface area (TPSA) is 53.1 Å². The highest BCUT2D eigenvalue weighted by Crippen LogP contribution is 2.60. The molecule has 0 aromatic heterocycles. The molecule has 0 radical (unpaired) electrons. The third kappa shape index (κ3) is 3.79. The van der Waals surface area contributed by atoms with Gasteiger partial charge in [0.05, 0.1) is 23.4 Å². The van der Waals surface area contributed by atoms with Crippen LogP contribution in [0.2, 0.25) is 0 Å². The summed E-state index contributed by atoms with van der Waals surface area (Å²) in [6.07, 6.45) is 0.867. The first-order valence-electron chi connectivity index (χ1n) is 10.7. The van der Waals surface area contributed by atoms with Crippen molar-refractivity contribution >= 4 is 46.7 Å². The second-order valence-corrected chi connectivity index (χ2v) is 12.1. The fraction of sp³-hybridized carbons (Fsp3) is 0.391. The van der Waals surface area contributed by atoms with Crippen molar-refractivity contribution in [2.24, 2.45) is 0 Å². The number of rotatable bonds is 5. The Morgan fingerprint density at radius 1 is 1.10 bits per heavy atom. The summed E-state index contributed by atoms with van der Waals surface area (Å²) in [5.41, 5.74) is 2.87. The van der Waals surface area contributed by atoms with Crippen molar-refractivity contribution in [1.29, 1.82) is 0 Å². The molecule has 6 nitrogen and oxygen atoms in total. The van der Waals surface area contributed by atoms with Crippen LogP contribution in [0.15, 0.2) is 42.5 Å². The summed E-state index contributed by atoms with van der Waals surface area (Å²) in [4.78, 5) is 27.8. The van der Waals surface area contributed by atoms with Crippen LogP contribution in [0.25, 0.3) is 0 Å². The van der Waals surface area contributed by atoms with Gasteiger partial charge in [-0.15, -0.1) is 0 Å². The standard InChI is InChI=1S/C23H28N3O3PS/c1-4-29-23(28)17-8-10-18(11-9-17)26-22(27)20-16-19(24(2)3)12-13-21(20)30(26,31)25-14-6-5-7-15-25/h8-13,16H,4-7,14-15H2,1-3H3/t30-/m1/s1. The zero-order chi connectivity index (χ0) is 22.2. The van der Waals surface area contributed by atoms with Crippen molar-refractivity contribution in [3.8, 4) is 0 Å². The highest BCUT2D eigenvalue weighted by Gasteiger charge is 2.47. The van der Waals surface area contributed by atoms with Gasteiger partial charge in [0, 0.05) is 38.2 Å². The third-order valence-corrected chi connectivity index (χ3v) is 10.8. The summed E-state index contributed by atoms with van der Waals surface area (Å²) in [5.74, 6) is -0.423. The number of carbonyl (C=O) groups is 2. The SMILES string of the molecule is CCOC(=O)c1ccc(N2C(=O)c3cc(N(C)C)ccc3[P@@]2(=S)N2CCCCC2)cc1. The van der Waals surface area contributed by atoms with Crippen molar-refractivity contribution in [3.05, 3.63) is 53.6 Å². The van der Waals surface area contributed by atoms with E-state index in [9.17, 15) is 9.59 Å². The molecular formula is C23H28N3O3PS. The van der Waals surface area contributed by atoms with Crippen molar-refractivity contribution in [2.75, 3.05) is 43.4 Å². The molecule has 1 atom stereocenters. The third-order valence-electron chi connectivity index (χ3n) is 5.84. The zero-order valence-corrected chi connectivity index (χ0v) is 19.9. The summed E-state index contributed by atoms with van der Waals surface area (Å²) in [6, 6.07) is 13.1. The van der Waals surface area contributed by atoms with Crippen LogP contribution in [0.3, 0.4) is 0 Å². The minimum Gasteiger partial charge on any atom is -0.462 e. The van der Waals surface area contributed by atoms with Crippen molar-refractivity contribution < 1.29 is 14.3 Å². The van der Waals surface area contributed by atoms with E-state index in [1.807, 2.05) is 54.0 Å². The molecule has 2 aliphatic heterocycles. The fourth-order valence-corrected chi connectivity index (χ4v) is 8.84. The van der Waals surface area contributed by atoms with Gasteiger partial charge in [-0.25, -0.2) is 4.79 Å². The number of esters is 1. The number of amides is 1. The second-order valence-electron chi connectivity index (χ2n) is 8.04. The number of benzene rings is 2. The molecule has 8 heteroatoms. The zero-order valence-electron chi connectivity index (χ0n) is 18.2. The number of hydrogen-bond donors (Lipinski definition) is 0. The van der Waals surface area contributed by atoms with E-state index in [0.717, 1.165) is 42.6 Å². The van der Waals surface area contributed by atoms with Crippen LogP contribution in [0.5, 0.6) is 0 Å². The maximum absolute atomic E-state index is 13.7. The molecule has 164 valence electrons. The maximum Gasteiger partial charge on any atom is 0.338 e. The number of carbonyl (C=O) groups excluding carboxylic acids is 2. The molecule has 1 fully saturated rings. The minimum atomic E-state index is -2.51. The van der Waals surface area contributed by atoms with Gasteiger partial charge < -0.3 is 9.64 Å². The molecule has 0 unspecified atom stereocenters. The first-order valence-corrected chi connectivity index (χ1v) is 13.4. The Labute approximate surface area is 188 Å². The molecule has 0 aliphatic carbocycles. The Bertz CT molecular complexity index is 1050. The summed E-state index contributed by atoms with van der Waals surface area (Å²) in [7, 11) is 3.93. The predicted molar refractivity (Wildman–Crippen MR) is 129 cm³/mol. The van der Waals surface area contributed by atoms with Gasteiger partial charge in [0.2, 0.25) is 0 Å². The predicted octanol–water partition coefficient (Wildman–Crippen LogP) is 4.01. The lowest BCUT2D eigenvalue weighted by atomic mass is 10.1. The number of hydrogen-bond acceptors (Lipinski definition) is 5. The Morgan fingerprint density at radius 2 is 1.77 bits per heavy atom. The van der Waals surface area contributed by atoms with Crippen molar-refractivity contribution in [1.82, 2.24) is 4.67 Å². The van der Waals surface area contributed by atoms with Crippen LogP contribution in [0.1, 0.15) is 46.9 Å². The van der Waals surface area contributed by atoms with Crippen LogP contribution >= 0.6 is 6.34 Å². The fourth-order valence-electron chi connectivity index (χ4n) is 4.23. The summed E-state index contributed by atoms with van der Waals surface area (Å²) in [6.45, 7) is 3.90. The molecule has 2 aromatic carbocycles. The van der Waals surface area contributed by atoms with E-state index in [0.29, 0.717) is 17.7 Å². The maximum atomic E-state index is 13.7. The molecular weight excluding hydrogens is 429 g/mol. The number of nitrogens with zero attached hydrogens (tertiary/aromatic N) is 3. The molecule has 0 N–H and O–H groups in total. The molecule has 0 bridgehead atoms. The van der Waals surface area contributed by atoms with E-state index in [1.54, 1.807) is 19.1 Å². The van der Waals surface area contributed by atoms with Gasteiger partial charge in [-0.05, 0) is 62.2 Å². The molecule has 2 heterocycles. The lowest BCUT2D eigenvalue weighted by Crippen LogP contribution is -2.36. The lowest BCUT2D eigenvalue weighted by Gasteiger charge is -2.40. The Hall–Kier alpha value is -2.21. The van der Waals surface area contributed by atoms with Gasteiger partial charge in [0.15, 0.2) is 0 Å². The van der Waals surface area contributed by atoms with E-state index in [4.69, 9.17) is 16.5 Å². The highest BCUT2D eigenvalue weighted by molar-refractivity contribution is 8.18. The van der Waals surface area contributed by atoms with Crippen LogP contribution in [0.4, 0.5) is 11.4 Å². The molecule has 1 saturated heterocycles. The molecule has 4 rings (SSSR count). The molecule has 31 heavy (non-hydrogen) atoms. The van der Waals surface area contributed by atoms with E-state index < -0.39 is 6.34 Å². The van der Waals surface area contributed by atoms with Gasteiger partial charge in [0.25, 0.3) is 5.91 Å². The van der Waals surface area contributed by atoms with Crippen LogP contribution in [0, 0.1) is 0 Å². The summed E-state index contributed by atoms with van der Waals surface area (Å²) < 4.78 is 9.27. The number of piperidine rings is 1. The number of anilines is 2. The van der Waals surface area contributed by atoms with E-state index >= 15 is 0 Å². The van der Waals surface area contributed by atoms with Crippen molar-refractivity contribution in [3.63, 3.8) is 0 Å². The van der Waals surface area contributed by atoms with Gasteiger partial charge in [-0.1, -0.05) is 18.2 Å². The first-order chi connectivity index (χ1) is 14.9. The van der Waals surface area contributed by atoms with Gasteiger partial charge in [-0.2, -0.15) is 0 Å². The average molecular weight is 458 g/mol. The van der Waals surface area contributed by atoms with Crippen molar-refractivity contribution in [2.45, 2.75) is 26.2 Å². The normalized spacial score (nSPS) is 21.1. The van der Waals surface area contributed by atoms with Gasteiger partial charge in [0.1, 0.15) is 6.34 Å². The Kier molecular flexibility index (Phi) is 6.20. The monoisotopic (exact) mass is 457 g/mol. The van der Waals surface area contributed by atoms with E-state index in [2.05, 4.69) is 4.67 Å². The van der Waals surface area contributed by atoms with Gasteiger partial charge in [-0.3, -0.25) is 14.1 Å². The smallest absolute Gasteiger partial charge is 0.338 e. The minimum absolute atomic E-state index is 0.0588. The average Bonchev–Trinajstić information content (AvgIpc) is 3.02. The molecule has 2 aliphatic rings. The molecule has 2 aromatic rings. The summed E-state index contributed by atoms with van der Waals surface area (Å²) in [5, 5.41) is 0.967. The molecule has 0 saturated carbocycles. The summed E-state index contributed by atoms with van der Waals surface area (Å²) >= 11 is 6.39. The largest absolute Gasteiger partial charge is 0.462 e. The van der Waals surface area contributed by atoms with Gasteiger partial charge >= 0.3 is 5.97 Å². The van der Waals surface area contributed by atoms with Crippen LogP contribution in [-0.2, 0) is 16.5 Å². The molecule has 0 spiro atoms. The number of fused-ring (bicyclic) bond motifs is 1. The first kappa shape index (κ1) is 22.0. The Morgan fingerprint density at radius 3 is 2.39 bits per heavy atom. The number of ether oxygens (including phenoxy) is 1. The highest BCUT2D eigenvalue weighted by atomic mass is 32.4.